The van der Waals surface area contributed by atoms with E-state index in [0.717, 1.165) is 32.8 Å². The average Bonchev–Trinajstić information content (AvgIpc) is 2.63. The van der Waals surface area contributed by atoms with Crippen molar-refractivity contribution in [3.8, 4) is 0 Å². The third kappa shape index (κ3) is 5.94. The van der Waals surface area contributed by atoms with Gasteiger partial charge in [-0.05, 0) is 19.1 Å². The molecule has 0 aliphatic carbocycles. The molecule has 132 valence electrons. The molecule has 0 spiro atoms. The third-order valence-electron chi connectivity index (χ3n) is 3.99. The molecule has 1 amide bonds. The minimum atomic E-state index is -0.269. The van der Waals surface area contributed by atoms with Gasteiger partial charge in [0.2, 0.25) is 0 Å². The van der Waals surface area contributed by atoms with E-state index in [9.17, 15) is 9.59 Å². The Morgan fingerprint density at radius 2 is 1.88 bits per heavy atom. The first-order chi connectivity index (χ1) is 11.7. The number of rotatable bonds is 8. The Balaban J connectivity index is 1.94. The van der Waals surface area contributed by atoms with Crippen molar-refractivity contribution in [2.45, 2.75) is 13.3 Å². The monoisotopic (exact) mass is 334 g/mol. The maximum absolute atomic E-state index is 12.7. The zero-order valence-corrected chi connectivity index (χ0v) is 14.3. The van der Waals surface area contributed by atoms with Gasteiger partial charge in [0.15, 0.2) is 0 Å². The lowest BCUT2D eigenvalue weighted by Gasteiger charge is -2.30. The lowest BCUT2D eigenvalue weighted by molar-refractivity contribution is -0.143. The summed E-state index contributed by atoms with van der Waals surface area (Å²) >= 11 is 0. The van der Waals surface area contributed by atoms with Gasteiger partial charge in [-0.15, -0.1) is 0 Å². The fraction of sp³-hybridized carbons (Fsp3) is 0.556. The summed E-state index contributed by atoms with van der Waals surface area (Å²) in [6.07, 6.45) is 0.218. The lowest BCUT2D eigenvalue weighted by Crippen LogP contribution is -2.43. The molecule has 1 fully saturated rings. The van der Waals surface area contributed by atoms with E-state index in [2.05, 4.69) is 4.90 Å². The molecule has 0 bridgehead atoms. The highest BCUT2D eigenvalue weighted by molar-refractivity contribution is 5.94. The number of hydrogen-bond acceptors (Lipinski definition) is 5. The minimum absolute atomic E-state index is 0.0480. The van der Waals surface area contributed by atoms with Gasteiger partial charge in [0.25, 0.3) is 5.91 Å². The Bertz CT molecular complexity index is 515. The molecular weight excluding hydrogens is 308 g/mol. The van der Waals surface area contributed by atoms with Crippen molar-refractivity contribution < 1.29 is 19.1 Å². The molecule has 0 N–H and O–H groups in total. The topological polar surface area (TPSA) is 59.1 Å². The van der Waals surface area contributed by atoms with Crippen LogP contribution >= 0.6 is 0 Å². The molecule has 24 heavy (non-hydrogen) atoms. The van der Waals surface area contributed by atoms with Crippen molar-refractivity contribution in [1.82, 2.24) is 9.80 Å². The fourth-order valence-corrected chi connectivity index (χ4v) is 2.62. The number of carbonyl (C=O) groups is 2. The van der Waals surface area contributed by atoms with Crippen LogP contribution in [0.4, 0.5) is 0 Å². The molecule has 2 rings (SSSR count). The number of ether oxygens (including phenoxy) is 2. The van der Waals surface area contributed by atoms with Gasteiger partial charge in [-0.1, -0.05) is 18.2 Å². The fourth-order valence-electron chi connectivity index (χ4n) is 2.62. The van der Waals surface area contributed by atoms with Gasteiger partial charge in [0.1, 0.15) is 0 Å². The van der Waals surface area contributed by atoms with Crippen LogP contribution in [0.5, 0.6) is 0 Å². The van der Waals surface area contributed by atoms with Crippen molar-refractivity contribution in [2.24, 2.45) is 0 Å². The number of esters is 1. The normalized spacial score (nSPS) is 15.0. The van der Waals surface area contributed by atoms with E-state index in [1.165, 1.54) is 0 Å². The molecule has 0 radical (unpaired) electrons. The maximum atomic E-state index is 12.7. The first-order valence-electron chi connectivity index (χ1n) is 8.50. The summed E-state index contributed by atoms with van der Waals surface area (Å²) in [6.45, 7) is 7.11. The Morgan fingerprint density at radius 3 is 2.54 bits per heavy atom. The van der Waals surface area contributed by atoms with Crippen LogP contribution in [0.3, 0.4) is 0 Å². The first kappa shape index (κ1) is 18.4. The van der Waals surface area contributed by atoms with Crippen LogP contribution in [-0.4, -0.2) is 74.2 Å². The van der Waals surface area contributed by atoms with E-state index < -0.39 is 0 Å². The number of nitrogens with zero attached hydrogens (tertiary/aromatic N) is 2. The van der Waals surface area contributed by atoms with E-state index >= 15 is 0 Å². The Morgan fingerprint density at radius 1 is 1.17 bits per heavy atom. The second-order valence-electron chi connectivity index (χ2n) is 5.67. The third-order valence-corrected chi connectivity index (χ3v) is 3.99. The van der Waals surface area contributed by atoms with Gasteiger partial charge >= 0.3 is 5.97 Å². The quantitative estimate of drug-likeness (QED) is 0.673. The highest BCUT2D eigenvalue weighted by atomic mass is 16.5. The molecule has 1 aliphatic heterocycles. The molecule has 1 aromatic carbocycles. The second kappa shape index (κ2) is 10.1. The van der Waals surface area contributed by atoms with Crippen molar-refractivity contribution in [3.05, 3.63) is 35.9 Å². The first-order valence-corrected chi connectivity index (χ1v) is 8.50. The van der Waals surface area contributed by atoms with E-state index in [0.29, 0.717) is 25.3 Å². The summed E-state index contributed by atoms with van der Waals surface area (Å²) in [7, 11) is 0. The second-order valence-corrected chi connectivity index (χ2v) is 5.67. The molecule has 0 aromatic heterocycles. The van der Waals surface area contributed by atoms with Crippen molar-refractivity contribution in [1.29, 1.82) is 0 Å². The Kier molecular flexibility index (Phi) is 7.71. The Hall–Kier alpha value is -1.92. The van der Waals surface area contributed by atoms with Crippen LogP contribution in [0.1, 0.15) is 23.7 Å². The summed E-state index contributed by atoms with van der Waals surface area (Å²) in [5.74, 6) is -0.317. The number of amides is 1. The summed E-state index contributed by atoms with van der Waals surface area (Å²) in [4.78, 5) is 28.4. The lowest BCUT2D eigenvalue weighted by atomic mass is 10.2. The zero-order valence-electron chi connectivity index (χ0n) is 14.3. The highest BCUT2D eigenvalue weighted by Crippen LogP contribution is 2.07. The van der Waals surface area contributed by atoms with Gasteiger partial charge in [-0.3, -0.25) is 14.5 Å². The molecule has 1 saturated heterocycles. The van der Waals surface area contributed by atoms with Crippen LogP contribution in [0, 0.1) is 0 Å². The van der Waals surface area contributed by atoms with E-state index in [4.69, 9.17) is 9.47 Å². The number of benzene rings is 1. The molecular formula is C18H26N2O4. The van der Waals surface area contributed by atoms with Crippen LogP contribution in [-0.2, 0) is 14.3 Å². The SMILES string of the molecule is CCOC(=O)CCN(CCN1CCOCC1)C(=O)c1ccccc1. The summed E-state index contributed by atoms with van der Waals surface area (Å²) in [5, 5.41) is 0. The van der Waals surface area contributed by atoms with E-state index in [1.54, 1.807) is 24.0 Å². The molecule has 0 atom stereocenters. The molecule has 1 aliphatic rings. The molecule has 1 heterocycles. The predicted octanol–water partition coefficient (Wildman–Crippen LogP) is 1.41. The Labute approximate surface area is 143 Å². The van der Waals surface area contributed by atoms with E-state index in [-0.39, 0.29) is 18.3 Å². The van der Waals surface area contributed by atoms with Gasteiger partial charge in [0, 0.05) is 38.3 Å². The summed E-state index contributed by atoms with van der Waals surface area (Å²) in [6, 6.07) is 9.17. The van der Waals surface area contributed by atoms with Crippen molar-refractivity contribution in [3.63, 3.8) is 0 Å². The molecule has 1 aromatic rings. The smallest absolute Gasteiger partial charge is 0.307 e. The van der Waals surface area contributed by atoms with E-state index in [1.807, 2.05) is 18.2 Å². The van der Waals surface area contributed by atoms with Gasteiger partial charge in [-0.25, -0.2) is 0 Å². The average molecular weight is 334 g/mol. The van der Waals surface area contributed by atoms with Crippen LogP contribution < -0.4 is 0 Å². The summed E-state index contributed by atoms with van der Waals surface area (Å²) < 4.78 is 10.3. The zero-order chi connectivity index (χ0) is 17.2. The number of morpholine rings is 1. The van der Waals surface area contributed by atoms with Gasteiger partial charge in [-0.2, -0.15) is 0 Å². The van der Waals surface area contributed by atoms with Crippen molar-refractivity contribution >= 4 is 11.9 Å². The molecule has 6 nitrogen and oxygen atoms in total. The van der Waals surface area contributed by atoms with Crippen LogP contribution in [0.15, 0.2) is 30.3 Å². The molecule has 0 saturated carbocycles. The highest BCUT2D eigenvalue weighted by Gasteiger charge is 2.19. The largest absolute Gasteiger partial charge is 0.466 e. The van der Waals surface area contributed by atoms with Gasteiger partial charge < -0.3 is 14.4 Å². The molecule has 0 unspecified atom stereocenters. The van der Waals surface area contributed by atoms with Crippen LogP contribution in [0.2, 0.25) is 0 Å². The number of hydrogen-bond donors (Lipinski definition) is 0. The number of carbonyl (C=O) groups excluding carboxylic acids is 2. The van der Waals surface area contributed by atoms with Crippen LogP contribution in [0.25, 0.3) is 0 Å². The van der Waals surface area contributed by atoms with Gasteiger partial charge in [0.05, 0.1) is 26.2 Å². The standard InChI is InChI=1S/C18H26N2O4/c1-2-24-17(21)8-9-20(11-10-19-12-14-23-15-13-19)18(22)16-6-4-3-5-7-16/h3-7H,2,8-15H2,1H3. The molecule has 6 heteroatoms. The predicted molar refractivity (Wildman–Crippen MR) is 90.9 cm³/mol. The summed E-state index contributed by atoms with van der Waals surface area (Å²) in [5.41, 5.74) is 0.642. The maximum Gasteiger partial charge on any atom is 0.307 e. The minimum Gasteiger partial charge on any atom is -0.466 e. The van der Waals surface area contributed by atoms with Crippen molar-refractivity contribution in [2.75, 3.05) is 52.5 Å².